The number of benzene rings is 2. The van der Waals surface area contributed by atoms with E-state index in [1.807, 2.05) is 0 Å². The second kappa shape index (κ2) is 6.04. The van der Waals surface area contributed by atoms with E-state index in [4.69, 9.17) is 5.11 Å². The lowest BCUT2D eigenvalue weighted by Crippen LogP contribution is -1.95. The molecule has 0 saturated carbocycles. The second-order valence-corrected chi connectivity index (χ2v) is 4.46. The average molecular weight is 300 g/mol. The summed E-state index contributed by atoms with van der Waals surface area (Å²) < 4.78 is 0. The van der Waals surface area contributed by atoms with E-state index in [9.17, 15) is 19.8 Å². The number of carbonyl (C=O) groups is 2. The van der Waals surface area contributed by atoms with Crippen LogP contribution in [0.4, 0.5) is 11.4 Å². The Kier molecular flexibility index (Phi) is 4.17. The molecule has 0 unspecified atom stereocenters. The Morgan fingerprint density at radius 3 is 1.77 bits per heavy atom. The molecule has 0 aliphatic carbocycles. The lowest BCUT2D eigenvalue weighted by molar-refractivity contribution is 0.0693. The van der Waals surface area contributed by atoms with Gasteiger partial charge in [0.25, 0.3) is 0 Å². The molecule has 0 spiro atoms. The zero-order valence-electron chi connectivity index (χ0n) is 11.5. The Bertz CT molecular complexity index is 718. The molecule has 22 heavy (non-hydrogen) atoms. The summed E-state index contributed by atoms with van der Waals surface area (Å²) in [4.78, 5) is 22.2. The topological polar surface area (TPSA) is 120 Å². The first kappa shape index (κ1) is 15.2. The fraction of sp³-hybridized carbons (Fsp3) is 0.0667. The third kappa shape index (κ3) is 3.26. The summed E-state index contributed by atoms with van der Waals surface area (Å²) in [5.41, 5.74) is 0.389. The van der Waals surface area contributed by atoms with E-state index in [-0.39, 0.29) is 34.1 Å². The normalized spacial score (nSPS) is 10.8. The first-order chi connectivity index (χ1) is 10.4. The van der Waals surface area contributed by atoms with Gasteiger partial charge in [0.1, 0.15) is 17.1 Å². The molecule has 3 N–H and O–H groups in total. The number of ketones is 1. The molecule has 0 aromatic heterocycles. The van der Waals surface area contributed by atoms with Crippen molar-refractivity contribution in [3.05, 3.63) is 47.5 Å². The van der Waals surface area contributed by atoms with Crippen molar-refractivity contribution in [1.82, 2.24) is 0 Å². The van der Waals surface area contributed by atoms with Crippen molar-refractivity contribution < 1.29 is 24.9 Å². The fourth-order valence-corrected chi connectivity index (χ4v) is 1.74. The van der Waals surface area contributed by atoms with Crippen LogP contribution in [0.5, 0.6) is 11.5 Å². The molecule has 7 heteroatoms. The van der Waals surface area contributed by atoms with Gasteiger partial charge in [-0.05, 0) is 43.3 Å². The minimum atomic E-state index is -1.28. The molecule has 0 aliphatic heterocycles. The Balaban J connectivity index is 2.33. The van der Waals surface area contributed by atoms with E-state index in [0.717, 1.165) is 0 Å². The molecule has 0 amide bonds. The van der Waals surface area contributed by atoms with Gasteiger partial charge in [-0.3, -0.25) is 4.79 Å². The Morgan fingerprint density at radius 1 is 0.864 bits per heavy atom. The Labute approximate surface area is 125 Å². The number of hydrogen-bond acceptors (Lipinski definition) is 6. The summed E-state index contributed by atoms with van der Waals surface area (Å²) in [5.74, 6) is -2.11. The van der Waals surface area contributed by atoms with E-state index in [2.05, 4.69) is 10.2 Å². The summed E-state index contributed by atoms with van der Waals surface area (Å²) in [7, 11) is 0. The van der Waals surface area contributed by atoms with Gasteiger partial charge in [0, 0.05) is 0 Å². The maximum Gasteiger partial charge on any atom is 0.339 e. The van der Waals surface area contributed by atoms with Crippen molar-refractivity contribution in [3.63, 3.8) is 0 Å². The number of nitrogens with zero attached hydrogens (tertiary/aromatic N) is 2. The number of rotatable bonds is 4. The summed E-state index contributed by atoms with van der Waals surface area (Å²) in [6.45, 7) is 1.31. The number of phenolic OH excluding ortho intramolecular Hbond substituents is 1. The highest BCUT2D eigenvalue weighted by Crippen LogP contribution is 2.27. The minimum absolute atomic E-state index is 0.119. The summed E-state index contributed by atoms with van der Waals surface area (Å²) in [6, 6.07) is 7.94. The van der Waals surface area contributed by atoms with Crippen LogP contribution >= 0.6 is 0 Å². The van der Waals surface area contributed by atoms with Gasteiger partial charge < -0.3 is 15.3 Å². The van der Waals surface area contributed by atoms with Crippen LogP contribution in [0.3, 0.4) is 0 Å². The number of hydrogen-bond donors (Lipinski definition) is 3. The first-order valence-corrected chi connectivity index (χ1v) is 6.20. The number of carboxylic acid groups (broad SMARTS) is 1. The van der Waals surface area contributed by atoms with Crippen molar-refractivity contribution in [2.75, 3.05) is 0 Å². The number of carboxylic acids is 1. The molecule has 0 saturated heterocycles. The van der Waals surface area contributed by atoms with Crippen LogP contribution in [0, 0.1) is 0 Å². The molecule has 2 aromatic carbocycles. The third-order valence-corrected chi connectivity index (χ3v) is 2.85. The van der Waals surface area contributed by atoms with Crippen LogP contribution in [0.2, 0.25) is 0 Å². The second-order valence-electron chi connectivity index (χ2n) is 4.46. The fourth-order valence-electron chi connectivity index (χ4n) is 1.74. The smallest absolute Gasteiger partial charge is 0.339 e. The van der Waals surface area contributed by atoms with E-state index >= 15 is 0 Å². The quantitative estimate of drug-likeness (QED) is 0.590. The van der Waals surface area contributed by atoms with Gasteiger partial charge in [0.2, 0.25) is 0 Å². The van der Waals surface area contributed by atoms with Crippen molar-refractivity contribution in [3.8, 4) is 11.5 Å². The number of aromatic carboxylic acids is 1. The average Bonchev–Trinajstić information content (AvgIpc) is 2.47. The summed E-state index contributed by atoms with van der Waals surface area (Å²) in [6.07, 6.45) is 0. The predicted octanol–water partition coefficient (Wildman–Crippen LogP) is 3.41. The van der Waals surface area contributed by atoms with Crippen LogP contribution < -0.4 is 0 Å². The highest BCUT2D eigenvalue weighted by atomic mass is 16.4. The standard InChI is InChI=1S/C15H12N2O5/c1-8(18)11-6-9(2-4-13(11)19)16-17-10-3-5-14(20)12(7-10)15(21)22/h2-7,19-20H,1H3,(H,21,22). The first-order valence-electron chi connectivity index (χ1n) is 6.20. The molecule has 0 aliphatic rings. The molecule has 7 nitrogen and oxygen atoms in total. The Hall–Kier alpha value is -3.22. The molecule has 0 atom stereocenters. The maximum atomic E-state index is 11.3. The number of azo groups is 1. The van der Waals surface area contributed by atoms with Gasteiger partial charge in [0.15, 0.2) is 5.78 Å². The molecule has 0 radical (unpaired) electrons. The van der Waals surface area contributed by atoms with E-state index < -0.39 is 5.97 Å². The van der Waals surface area contributed by atoms with Crippen molar-refractivity contribution in [1.29, 1.82) is 0 Å². The number of aromatic hydroxyl groups is 2. The SMILES string of the molecule is CC(=O)c1cc(N=Nc2ccc(O)c(C(=O)O)c2)ccc1O. The van der Waals surface area contributed by atoms with E-state index in [1.165, 1.54) is 43.3 Å². The van der Waals surface area contributed by atoms with Gasteiger partial charge in [-0.2, -0.15) is 10.2 Å². The summed E-state index contributed by atoms with van der Waals surface area (Å²) in [5, 5.41) is 35.6. The largest absolute Gasteiger partial charge is 0.507 e. The van der Waals surface area contributed by atoms with Gasteiger partial charge >= 0.3 is 5.97 Å². The third-order valence-electron chi connectivity index (χ3n) is 2.85. The molecule has 2 aromatic rings. The molecule has 0 heterocycles. The highest BCUT2D eigenvalue weighted by molar-refractivity contribution is 5.97. The van der Waals surface area contributed by atoms with Crippen LogP contribution in [-0.2, 0) is 0 Å². The van der Waals surface area contributed by atoms with Gasteiger partial charge in [-0.1, -0.05) is 0 Å². The Morgan fingerprint density at radius 2 is 1.32 bits per heavy atom. The van der Waals surface area contributed by atoms with Crippen LogP contribution in [0.15, 0.2) is 46.6 Å². The summed E-state index contributed by atoms with van der Waals surface area (Å²) >= 11 is 0. The van der Waals surface area contributed by atoms with E-state index in [1.54, 1.807) is 0 Å². The predicted molar refractivity (Wildman–Crippen MR) is 77.4 cm³/mol. The number of phenols is 2. The van der Waals surface area contributed by atoms with E-state index in [0.29, 0.717) is 5.69 Å². The number of carbonyl (C=O) groups excluding carboxylic acids is 1. The molecule has 0 fully saturated rings. The zero-order chi connectivity index (χ0) is 16.3. The van der Waals surface area contributed by atoms with Gasteiger partial charge in [0.05, 0.1) is 16.9 Å². The molecular weight excluding hydrogens is 288 g/mol. The molecule has 0 bridgehead atoms. The van der Waals surface area contributed by atoms with Crippen molar-refractivity contribution >= 4 is 23.1 Å². The van der Waals surface area contributed by atoms with Crippen LogP contribution in [-0.4, -0.2) is 27.1 Å². The monoisotopic (exact) mass is 300 g/mol. The lowest BCUT2D eigenvalue weighted by atomic mass is 10.1. The van der Waals surface area contributed by atoms with Crippen LogP contribution in [0.25, 0.3) is 0 Å². The number of Topliss-reactive ketones (excluding diaryl/α,β-unsaturated/α-hetero) is 1. The molecule has 112 valence electrons. The zero-order valence-corrected chi connectivity index (χ0v) is 11.5. The van der Waals surface area contributed by atoms with Gasteiger partial charge in [-0.15, -0.1) is 0 Å². The molecular formula is C15H12N2O5. The van der Waals surface area contributed by atoms with Crippen molar-refractivity contribution in [2.45, 2.75) is 6.92 Å². The lowest BCUT2D eigenvalue weighted by Gasteiger charge is -2.02. The van der Waals surface area contributed by atoms with Gasteiger partial charge in [-0.25, -0.2) is 4.79 Å². The van der Waals surface area contributed by atoms with Crippen LogP contribution in [0.1, 0.15) is 27.6 Å². The highest BCUT2D eigenvalue weighted by Gasteiger charge is 2.10. The minimum Gasteiger partial charge on any atom is -0.507 e. The maximum absolute atomic E-state index is 11.3. The van der Waals surface area contributed by atoms with Crippen molar-refractivity contribution in [2.24, 2.45) is 10.2 Å². The molecule has 2 rings (SSSR count).